The van der Waals surface area contributed by atoms with Gasteiger partial charge in [0.25, 0.3) is 0 Å². The fourth-order valence-corrected chi connectivity index (χ4v) is 3.77. The van der Waals surface area contributed by atoms with E-state index in [4.69, 9.17) is 0 Å². The molecule has 2 N–H and O–H groups in total. The molecule has 3 atom stereocenters. The van der Waals surface area contributed by atoms with Crippen LogP contribution in [0.5, 0.6) is 0 Å². The van der Waals surface area contributed by atoms with E-state index in [-0.39, 0.29) is 5.12 Å². The molecular weight excluding hydrogens is 232 g/mol. The van der Waals surface area contributed by atoms with Crippen molar-refractivity contribution in [3.05, 3.63) is 0 Å². The molecule has 0 heterocycles. The number of thioether (sulfide) groups is 1. The molecule has 3 unspecified atom stereocenters. The van der Waals surface area contributed by atoms with Crippen LogP contribution < -0.4 is 10.6 Å². The van der Waals surface area contributed by atoms with E-state index in [2.05, 4.69) is 10.6 Å². The second-order valence-corrected chi connectivity index (χ2v) is 6.60. The van der Waals surface area contributed by atoms with Gasteiger partial charge in [-0.25, -0.2) is 0 Å². The van der Waals surface area contributed by atoms with E-state index in [1.807, 2.05) is 0 Å². The molecule has 2 fully saturated rings. The molecule has 3 nitrogen and oxygen atoms in total. The maximum Gasteiger partial charge on any atom is 0.185 e. The lowest BCUT2D eigenvalue weighted by Gasteiger charge is -2.23. The normalized spacial score (nSPS) is 31.0. The summed E-state index contributed by atoms with van der Waals surface area (Å²) in [4.78, 5) is 10.7. The third kappa shape index (κ3) is 4.27. The zero-order valence-corrected chi connectivity index (χ0v) is 11.5. The molecule has 0 spiro atoms. The van der Waals surface area contributed by atoms with Crippen LogP contribution in [0.25, 0.3) is 0 Å². The van der Waals surface area contributed by atoms with Crippen molar-refractivity contribution in [2.45, 2.75) is 38.6 Å². The number of hydrogen-bond donors (Lipinski definition) is 2. The highest BCUT2D eigenvalue weighted by Gasteiger charge is 2.38. The molecular formula is C13H24N2OS. The number of nitrogens with one attached hydrogen (secondary N) is 2. The van der Waals surface area contributed by atoms with Gasteiger partial charge < -0.3 is 10.6 Å². The summed E-state index contributed by atoms with van der Waals surface area (Å²) in [5.41, 5.74) is 0. The van der Waals surface area contributed by atoms with E-state index in [0.29, 0.717) is 0 Å². The summed E-state index contributed by atoms with van der Waals surface area (Å²) in [7, 11) is 0. The Kier molecular flexibility index (Phi) is 5.32. The molecule has 98 valence electrons. The van der Waals surface area contributed by atoms with Gasteiger partial charge in [0, 0.05) is 38.4 Å². The van der Waals surface area contributed by atoms with Crippen molar-refractivity contribution >= 4 is 16.9 Å². The minimum atomic E-state index is 0.215. The summed E-state index contributed by atoms with van der Waals surface area (Å²) < 4.78 is 0. The summed E-state index contributed by atoms with van der Waals surface area (Å²) in [5, 5.41) is 7.26. The number of carbonyl (C=O) groups excluding carboxylic acids is 1. The molecule has 0 amide bonds. The van der Waals surface area contributed by atoms with Crippen molar-refractivity contribution < 1.29 is 4.79 Å². The Morgan fingerprint density at radius 1 is 1.24 bits per heavy atom. The lowest BCUT2D eigenvalue weighted by atomic mass is 9.95. The van der Waals surface area contributed by atoms with Crippen LogP contribution in [0.15, 0.2) is 0 Å². The van der Waals surface area contributed by atoms with Gasteiger partial charge >= 0.3 is 0 Å². The Hall–Kier alpha value is -0.0600. The molecule has 17 heavy (non-hydrogen) atoms. The van der Waals surface area contributed by atoms with E-state index in [1.54, 1.807) is 6.92 Å². The Balaban J connectivity index is 1.43. The van der Waals surface area contributed by atoms with Crippen molar-refractivity contribution in [1.29, 1.82) is 0 Å². The van der Waals surface area contributed by atoms with Crippen molar-refractivity contribution in [3.63, 3.8) is 0 Å². The van der Waals surface area contributed by atoms with Crippen LogP contribution in [-0.2, 0) is 4.79 Å². The number of rotatable bonds is 7. The van der Waals surface area contributed by atoms with Crippen LogP contribution in [0, 0.1) is 11.8 Å². The maximum absolute atomic E-state index is 10.7. The molecule has 0 radical (unpaired) electrons. The highest BCUT2D eigenvalue weighted by molar-refractivity contribution is 8.13. The highest BCUT2D eigenvalue weighted by atomic mass is 32.2. The van der Waals surface area contributed by atoms with Crippen molar-refractivity contribution in [1.82, 2.24) is 10.6 Å². The van der Waals surface area contributed by atoms with Crippen LogP contribution in [0.1, 0.15) is 32.6 Å². The average Bonchev–Trinajstić information content (AvgIpc) is 2.89. The SMILES string of the molecule is CC(=O)SCCNCCNC1CC2CCC1C2. The average molecular weight is 256 g/mol. The first-order valence-electron chi connectivity index (χ1n) is 6.83. The summed E-state index contributed by atoms with van der Waals surface area (Å²) in [6.07, 6.45) is 5.81. The third-order valence-corrected chi connectivity index (χ3v) is 4.85. The first-order valence-corrected chi connectivity index (χ1v) is 7.81. The van der Waals surface area contributed by atoms with Crippen molar-refractivity contribution in [3.8, 4) is 0 Å². The fourth-order valence-electron chi connectivity index (χ4n) is 3.23. The molecule has 0 aromatic heterocycles. The lowest BCUT2D eigenvalue weighted by molar-refractivity contribution is -0.109. The quantitative estimate of drug-likeness (QED) is 0.679. The standard InChI is InChI=1S/C13H24N2OS/c1-10(16)17-7-6-14-4-5-15-13-9-11-2-3-12(13)8-11/h11-15H,2-9H2,1H3. The third-order valence-electron chi connectivity index (χ3n) is 4.03. The van der Waals surface area contributed by atoms with Crippen LogP contribution in [0.4, 0.5) is 0 Å². The topological polar surface area (TPSA) is 41.1 Å². The molecule has 2 aliphatic carbocycles. The highest BCUT2D eigenvalue weighted by Crippen LogP contribution is 2.44. The van der Waals surface area contributed by atoms with Gasteiger partial charge in [-0.1, -0.05) is 18.2 Å². The summed E-state index contributed by atoms with van der Waals surface area (Å²) >= 11 is 1.40. The maximum atomic E-state index is 10.7. The zero-order chi connectivity index (χ0) is 12.1. The molecule has 0 aromatic rings. The zero-order valence-electron chi connectivity index (χ0n) is 10.7. The van der Waals surface area contributed by atoms with Crippen molar-refractivity contribution in [2.24, 2.45) is 11.8 Å². The van der Waals surface area contributed by atoms with E-state index < -0.39 is 0 Å². The van der Waals surface area contributed by atoms with E-state index in [1.165, 1.54) is 37.4 Å². The second kappa shape index (κ2) is 6.76. The van der Waals surface area contributed by atoms with Gasteiger partial charge in [-0.2, -0.15) is 0 Å². The molecule has 2 rings (SSSR count). The largest absolute Gasteiger partial charge is 0.315 e. The number of fused-ring (bicyclic) bond motifs is 2. The molecule has 0 aliphatic heterocycles. The molecule has 2 bridgehead atoms. The van der Waals surface area contributed by atoms with Crippen LogP contribution in [0.2, 0.25) is 0 Å². The predicted octanol–water partition coefficient (Wildman–Crippen LogP) is 1.63. The Morgan fingerprint density at radius 2 is 2.12 bits per heavy atom. The van der Waals surface area contributed by atoms with Crippen LogP contribution in [0.3, 0.4) is 0 Å². The van der Waals surface area contributed by atoms with Gasteiger partial charge in [0.2, 0.25) is 0 Å². The van der Waals surface area contributed by atoms with E-state index in [0.717, 1.165) is 43.3 Å². The molecule has 0 aromatic carbocycles. The summed E-state index contributed by atoms with van der Waals surface area (Å²) in [6, 6.07) is 0.794. The van der Waals surface area contributed by atoms with Crippen LogP contribution >= 0.6 is 11.8 Å². The van der Waals surface area contributed by atoms with Gasteiger partial charge in [-0.15, -0.1) is 0 Å². The van der Waals surface area contributed by atoms with Gasteiger partial charge in [-0.05, 0) is 31.1 Å². The molecule has 0 saturated heterocycles. The Labute approximate surface area is 108 Å². The van der Waals surface area contributed by atoms with E-state index in [9.17, 15) is 4.79 Å². The van der Waals surface area contributed by atoms with Gasteiger partial charge in [-0.3, -0.25) is 4.79 Å². The van der Waals surface area contributed by atoms with Crippen LogP contribution in [-0.4, -0.2) is 36.5 Å². The molecule has 2 saturated carbocycles. The fraction of sp³-hybridized carbons (Fsp3) is 0.923. The van der Waals surface area contributed by atoms with Crippen molar-refractivity contribution in [2.75, 3.05) is 25.4 Å². The lowest BCUT2D eigenvalue weighted by Crippen LogP contribution is -2.38. The monoisotopic (exact) mass is 256 g/mol. The predicted molar refractivity (Wildman–Crippen MR) is 73.2 cm³/mol. The van der Waals surface area contributed by atoms with Gasteiger partial charge in [0.1, 0.15) is 0 Å². The summed E-state index contributed by atoms with van der Waals surface area (Å²) in [6.45, 7) is 4.65. The molecule has 2 aliphatic rings. The number of hydrogen-bond acceptors (Lipinski definition) is 4. The minimum Gasteiger partial charge on any atom is -0.315 e. The van der Waals surface area contributed by atoms with Gasteiger partial charge in [0.15, 0.2) is 5.12 Å². The summed E-state index contributed by atoms with van der Waals surface area (Å²) in [5.74, 6) is 2.88. The first kappa shape index (κ1) is 13.4. The van der Waals surface area contributed by atoms with Gasteiger partial charge in [0.05, 0.1) is 0 Å². The Morgan fingerprint density at radius 3 is 2.76 bits per heavy atom. The van der Waals surface area contributed by atoms with E-state index >= 15 is 0 Å². The Bertz CT molecular complexity index is 260. The number of carbonyl (C=O) groups is 1. The second-order valence-electron chi connectivity index (χ2n) is 5.33. The first-order chi connectivity index (χ1) is 8.25. The minimum absolute atomic E-state index is 0.215. The smallest absolute Gasteiger partial charge is 0.185 e. The molecule has 4 heteroatoms.